The average Bonchev–Trinajstić information content (AvgIpc) is 2.52. The molecule has 1 aliphatic carbocycles. The van der Waals surface area contributed by atoms with Gasteiger partial charge in [0.1, 0.15) is 16.9 Å². The molecule has 0 amide bonds. The van der Waals surface area contributed by atoms with Crippen LogP contribution >= 0.6 is 0 Å². The summed E-state index contributed by atoms with van der Waals surface area (Å²) in [6.45, 7) is 5.24. The number of aliphatic hydroxyl groups is 1. The molecule has 1 aliphatic rings. The number of carbonyl (C=O) groups excluding carboxylic acids is 2. The van der Waals surface area contributed by atoms with Crippen LogP contribution < -0.4 is 0 Å². The molecule has 3 N–H and O–H groups in total. The zero-order valence-electron chi connectivity index (χ0n) is 13.9. The van der Waals surface area contributed by atoms with Gasteiger partial charge >= 0.3 is 0 Å². The fraction of sp³-hybridized carbons (Fsp3) is 0.368. The third kappa shape index (κ3) is 2.81. The lowest BCUT2D eigenvalue weighted by molar-refractivity contribution is 0.0401. The van der Waals surface area contributed by atoms with Crippen LogP contribution in [0.5, 0.6) is 11.5 Å². The molecule has 0 bridgehead atoms. The molecule has 5 heteroatoms. The first-order valence-corrected chi connectivity index (χ1v) is 7.63. The van der Waals surface area contributed by atoms with Gasteiger partial charge in [0.25, 0.3) is 0 Å². The molecule has 0 saturated carbocycles. The zero-order valence-corrected chi connectivity index (χ0v) is 13.9. The Morgan fingerprint density at radius 3 is 2.38 bits per heavy atom. The summed E-state index contributed by atoms with van der Waals surface area (Å²) in [5.41, 5.74) is -1.15. The fourth-order valence-electron chi connectivity index (χ4n) is 2.96. The molecule has 0 heterocycles. The molecule has 0 radical (unpaired) electrons. The van der Waals surface area contributed by atoms with E-state index in [0.29, 0.717) is 0 Å². The summed E-state index contributed by atoms with van der Waals surface area (Å²) in [6.07, 6.45) is 0.380. The highest BCUT2D eigenvalue weighted by atomic mass is 16.3. The highest BCUT2D eigenvalue weighted by Gasteiger charge is 2.51. The molecule has 1 aromatic carbocycles. The van der Waals surface area contributed by atoms with E-state index >= 15 is 0 Å². The molecule has 5 nitrogen and oxygen atoms in total. The summed E-state index contributed by atoms with van der Waals surface area (Å²) in [4.78, 5) is 25.5. The highest BCUT2D eigenvalue weighted by Crippen LogP contribution is 2.44. The molecule has 1 aromatic rings. The van der Waals surface area contributed by atoms with Crippen molar-refractivity contribution in [2.75, 3.05) is 0 Å². The second-order valence-corrected chi connectivity index (χ2v) is 6.16. The van der Waals surface area contributed by atoms with Crippen LogP contribution in [0.15, 0.2) is 23.8 Å². The monoisotopic (exact) mass is 328 g/mol. The van der Waals surface area contributed by atoms with Gasteiger partial charge in [-0.25, -0.2) is 0 Å². The number of carbonyl (C=O) groups is 2. The van der Waals surface area contributed by atoms with Crippen LogP contribution in [-0.4, -0.2) is 33.0 Å². The minimum Gasteiger partial charge on any atom is -0.507 e. The maximum absolute atomic E-state index is 13.0. The number of Topliss-reactive ketones (excluding diaryl/α,β-unsaturated/α-hetero) is 2. The van der Waals surface area contributed by atoms with Crippen LogP contribution in [0.1, 0.15) is 54.3 Å². The van der Waals surface area contributed by atoms with E-state index in [1.54, 1.807) is 6.08 Å². The standard InChI is InChI=1S/C19H20O5/c1-4-9-19(15(23)8-5-11(2)3)10-14(22)16-12(20)6-7-13(21)17(16)18(19)24/h5-7,15,20-21,23H,8,10H2,1-3H3/t15-,19?/m1/s1. The van der Waals surface area contributed by atoms with Crippen LogP contribution in [0.3, 0.4) is 0 Å². The number of fused-ring (bicyclic) bond motifs is 1. The predicted octanol–water partition coefficient (Wildman–Crippen LogP) is 2.59. The number of hydrogen-bond donors (Lipinski definition) is 3. The lowest BCUT2D eigenvalue weighted by Crippen LogP contribution is -2.46. The molecule has 0 saturated heterocycles. The van der Waals surface area contributed by atoms with E-state index in [1.165, 1.54) is 6.92 Å². The van der Waals surface area contributed by atoms with Crippen molar-refractivity contribution in [3.63, 3.8) is 0 Å². The number of aliphatic hydroxyl groups excluding tert-OH is 1. The predicted molar refractivity (Wildman–Crippen MR) is 89.0 cm³/mol. The van der Waals surface area contributed by atoms with Crippen molar-refractivity contribution in [2.45, 2.75) is 39.7 Å². The number of aromatic hydroxyl groups is 2. The lowest BCUT2D eigenvalue weighted by Gasteiger charge is -2.35. The molecule has 2 atom stereocenters. The number of phenols is 2. The molecule has 2 rings (SSSR count). The van der Waals surface area contributed by atoms with Crippen LogP contribution in [0, 0.1) is 17.3 Å². The normalized spacial score (nSPS) is 20.7. The van der Waals surface area contributed by atoms with Crippen LogP contribution in [0.2, 0.25) is 0 Å². The third-order valence-corrected chi connectivity index (χ3v) is 4.18. The number of allylic oxidation sites excluding steroid dienone is 1. The summed E-state index contributed by atoms with van der Waals surface area (Å²) < 4.78 is 0. The van der Waals surface area contributed by atoms with Crippen LogP contribution in [-0.2, 0) is 0 Å². The summed E-state index contributed by atoms with van der Waals surface area (Å²) in [6, 6.07) is 2.31. The Morgan fingerprint density at radius 1 is 1.25 bits per heavy atom. The summed E-state index contributed by atoms with van der Waals surface area (Å²) in [7, 11) is 0. The molecule has 0 fully saturated rings. The Labute approximate surface area is 140 Å². The van der Waals surface area contributed by atoms with E-state index in [9.17, 15) is 24.9 Å². The highest BCUT2D eigenvalue weighted by molar-refractivity contribution is 6.20. The third-order valence-electron chi connectivity index (χ3n) is 4.18. The minimum absolute atomic E-state index is 0.158. The van der Waals surface area contributed by atoms with E-state index in [2.05, 4.69) is 11.8 Å². The van der Waals surface area contributed by atoms with Crippen LogP contribution in [0.4, 0.5) is 0 Å². The molecule has 1 unspecified atom stereocenters. The number of benzene rings is 1. The van der Waals surface area contributed by atoms with Gasteiger partial charge in [-0.05, 0) is 39.3 Å². The van der Waals surface area contributed by atoms with Crippen molar-refractivity contribution in [1.82, 2.24) is 0 Å². The van der Waals surface area contributed by atoms with E-state index in [0.717, 1.165) is 17.7 Å². The molecular weight excluding hydrogens is 308 g/mol. The van der Waals surface area contributed by atoms with Crippen LogP contribution in [0.25, 0.3) is 0 Å². The van der Waals surface area contributed by atoms with E-state index in [1.807, 2.05) is 13.8 Å². The smallest absolute Gasteiger partial charge is 0.188 e. The molecule has 126 valence electrons. The van der Waals surface area contributed by atoms with Gasteiger partial charge < -0.3 is 15.3 Å². The first-order chi connectivity index (χ1) is 11.2. The molecule has 0 spiro atoms. The van der Waals surface area contributed by atoms with Gasteiger partial charge in [-0.1, -0.05) is 17.6 Å². The molecule has 24 heavy (non-hydrogen) atoms. The van der Waals surface area contributed by atoms with Crippen molar-refractivity contribution in [3.8, 4) is 23.3 Å². The van der Waals surface area contributed by atoms with Crippen molar-refractivity contribution in [1.29, 1.82) is 0 Å². The summed E-state index contributed by atoms with van der Waals surface area (Å²) in [5.74, 6) is 3.37. The Hall–Kier alpha value is -2.58. The van der Waals surface area contributed by atoms with Gasteiger partial charge in [0.2, 0.25) is 0 Å². The van der Waals surface area contributed by atoms with Crippen molar-refractivity contribution in [2.24, 2.45) is 5.41 Å². The van der Waals surface area contributed by atoms with Crippen molar-refractivity contribution >= 4 is 11.6 Å². The maximum Gasteiger partial charge on any atom is 0.188 e. The van der Waals surface area contributed by atoms with E-state index in [-0.39, 0.29) is 29.7 Å². The largest absolute Gasteiger partial charge is 0.507 e. The molecular formula is C19H20O5. The second kappa shape index (κ2) is 6.50. The van der Waals surface area contributed by atoms with Gasteiger partial charge in [0, 0.05) is 6.42 Å². The molecule has 0 aliphatic heterocycles. The maximum atomic E-state index is 13.0. The van der Waals surface area contributed by atoms with E-state index < -0.39 is 28.8 Å². The summed E-state index contributed by atoms with van der Waals surface area (Å²) in [5, 5.41) is 30.5. The first-order valence-electron chi connectivity index (χ1n) is 7.63. The van der Waals surface area contributed by atoms with E-state index in [4.69, 9.17) is 0 Å². The van der Waals surface area contributed by atoms with Gasteiger partial charge in [-0.3, -0.25) is 9.59 Å². The Bertz CT molecular complexity index is 790. The zero-order chi connectivity index (χ0) is 18.1. The van der Waals surface area contributed by atoms with Gasteiger partial charge in [-0.2, -0.15) is 0 Å². The lowest BCUT2D eigenvalue weighted by atomic mass is 9.66. The topological polar surface area (TPSA) is 94.8 Å². The number of hydrogen-bond acceptors (Lipinski definition) is 5. The Morgan fingerprint density at radius 2 is 1.83 bits per heavy atom. The van der Waals surface area contributed by atoms with Crippen molar-refractivity contribution in [3.05, 3.63) is 34.9 Å². The number of phenolic OH excluding ortho intramolecular Hbond substituents is 2. The molecule has 0 aromatic heterocycles. The SMILES string of the molecule is CC#CC1([C@H](O)CC=C(C)C)CC(=O)c2c(O)ccc(O)c2C1=O. The number of rotatable bonds is 3. The quantitative estimate of drug-likeness (QED) is 0.450. The van der Waals surface area contributed by atoms with Gasteiger partial charge in [-0.15, -0.1) is 5.92 Å². The first kappa shape index (κ1) is 17.8. The summed E-state index contributed by atoms with van der Waals surface area (Å²) >= 11 is 0. The van der Waals surface area contributed by atoms with Gasteiger partial charge in [0.15, 0.2) is 11.6 Å². The average molecular weight is 328 g/mol. The van der Waals surface area contributed by atoms with Gasteiger partial charge in [0.05, 0.1) is 17.2 Å². The van der Waals surface area contributed by atoms with Crippen molar-refractivity contribution < 1.29 is 24.9 Å². The Balaban J connectivity index is 2.65. The second-order valence-electron chi connectivity index (χ2n) is 6.16. The fourth-order valence-corrected chi connectivity index (χ4v) is 2.96. The number of ketones is 2. The minimum atomic E-state index is -1.63. The Kier molecular flexibility index (Phi) is 4.81.